The van der Waals surface area contributed by atoms with Crippen molar-refractivity contribution >= 4 is 23.5 Å². The topological polar surface area (TPSA) is 46.6 Å². The number of amides is 1. The fourth-order valence-corrected chi connectivity index (χ4v) is 2.99. The number of methoxy groups -OCH3 is 1. The standard InChI is InChI=1S/C16H20ClNO3/c1-21-15(19)10-11-18(12-6-2-3-7-12)16(20)13-8-4-5-9-14(13)17/h4-5,8-9,12H,2-3,6-7,10-11H2,1H3. The summed E-state index contributed by atoms with van der Waals surface area (Å²) in [5.41, 5.74) is 0.496. The summed E-state index contributed by atoms with van der Waals surface area (Å²) < 4.78 is 4.67. The summed E-state index contributed by atoms with van der Waals surface area (Å²) in [6.45, 7) is 0.376. The van der Waals surface area contributed by atoms with Crippen LogP contribution in [0.3, 0.4) is 0 Å². The molecule has 4 nitrogen and oxygen atoms in total. The van der Waals surface area contributed by atoms with Gasteiger partial charge in [-0.3, -0.25) is 9.59 Å². The Bertz CT molecular complexity index is 512. The molecule has 1 aliphatic carbocycles. The van der Waals surface area contributed by atoms with Crippen molar-refractivity contribution in [1.82, 2.24) is 4.90 Å². The van der Waals surface area contributed by atoms with E-state index < -0.39 is 0 Å². The van der Waals surface area contributed by atoms with Gasteiger partial charge in [-0.25, -0.2) is 0 Å². The van der Waals surface area contributed by atoms with E-state index in [1.165, 1.54) is 7.11 Å². The van der Waals surface area contributed by atoms with Crippen molar-refractivity contribution in [2.24, 2.45) is 0 Å². The summed E-state index contributed by atoms with van der Waals surface area (Å²) in [6, 6.07) is 7.23. The largest absolute Gasteiger partial charge is 0.469 e. The zero-order valence-corrected chi connectivity index (χ0v) is 12.9. The Labute approximate surface area is 130 Å². The van der Waals surface area contributed by atoms with E-state index in [0.717, 1.165) is 25.7 Å². The first-order valence-electron chi connectivity index (χ1n) is 7.26. The molecular weight excluding hydrogens is 290 g/mol. The molecule has 1 amide bonds. The highest BCUT2D eigenvalue weighted by Crippen LogP contribution is 2.27. The Morgan fingerprint density at radius 3 is 2.57 bits per heavy atom. The van der Waals surface area contributed by atoms with Crippen molar-refractivity contribution < 1.29 is 14.3 Å². The molecule has 0 unspecified atom stereocenters. The smallest absolute Gasteiger partial charge is 0.307 e. The molecule has 0 atom stereocenters. The Kier molecular flexibility index (Phi) is 5.62. The summed E-state index contributed by atoms with van der Waals surface area (Å²) in [4.78, 5) is 25.9. The number of hydrogen-bond acceptors (Lipinski definition) is 3. The molecule has 1 aliphatic rings. The van der Waals surface area contributed by atoms with Crippen LogP contribution in [0.25, 0.3) is 0 Å². The highest BCUT2D eigenvalue weighted by atomic mass is 35.5. The molecule has 0 aromatic heterocycles. The maximum Gasteiger partial charge on any atom is 0.307 e. The Morgan fingerprint density at radius 2 is 1.95 bits per heavy atom. The van der Waals surface area contributed by atoms with Crippen molar-refractivity contribution in [3.05, 3.63) is 34.9 Å². The Morgan fingerprint density at radius 1 is 1.29 bits per heavy atom. The summed E-state index contributed by atoms with van der Waals surface area (Å²) in [5.74, 6) is -0.402. The molecule has 5 heteroatoms. The van der Waals surface area contributed by atoms with E-state index in [4.69, 9.17) is 11.6 Å². The van der Waals surface area contributed by atoms with Crippen LogP contribution in [0.5, 0.6) is 0 Å². The third kappa shape index (κ3) is 3.97. The molecule has 0 heterocycles. The van der Waals surface area contributed by atoms with Gasteiger partial charge < -0.3 is 9.64 Å². The number of benzene rings is 1. The predicted molar refractivity (Wildman–Crippen MR) is 81.4 cm³/mol. The molecule has 2 rings (SSSR count). The second kappa shape index (κ2) is 7.46. The molecule has 0 N–H and O–H groups in total. The Hall–Kier alpha value is -1.55. The number of hydrogen-bond donors (Lipinski definition) is 0. The van der Waals surface area contributed by atoms with Gasteiger partial charge >= 0.3 is 5.97 Å². The van der Waals surface area contributed by atoms with Gasteiger partial charge in [0.1, 0.15) is 0 Å². The predicted octanol–water partition coefficient (Wildman–Crippen LogP) is 3.29. The van der Waals surface area contributed by atoms with Gasteiger partial charge in [0.25, 0.3) is 5.91 Å². The van der Waals surface area contributed by atoms with Crippen LogP contribution in [0.4, 0.5) is 0 Å². The number of rotatable bonds is 5. The lowest BCUT2D eigenvalue weighted by Crippen LogP contribution is -2.40. The molecule has 21 heavy (non-hydrogen) atoms. The van der Waals surface area contributed by atoms with Crippen molar-refractivity contribution in [1.29, 1.82) is 0 Å². The molecule has 1 fully saturated rings. The van der Waals surface area contributed by atoms with E-state index >= 15 is 0 Å². The number of esters is 1. The molecule has 1 aromatic carbocycles. The first-order valence-corrected chi connectivity index (χ1v) is 7.63. The van der Waals surface area contributed by atoms with Crippen LogP contribution in [0, 0.1) is 0 Å². The number of carbonyl (C=O) groups is 2. The van der Waals surface area contributed by atoms with E-state index in [-0.39, 0.29) is 24.3 Å². The van der Waals surface area contributed by atoms with Gasteiger partial charge in [-0.1, -0.05) is 36.6 Å². The molecular formula is C16H20ClNO3. The first kappa shape index (κ1) is 15.8. The zero-order chi connectivity index (χ0) is 15.2. The minimum atomic E-state index is -0.301. The number of nitrogens with zero attached hydrogens (tertiary/aromatic N) is 1. The fraction of sp³-hybridized carbons (Fsp3) is 0.500. The summed E-state index contributed by atoms with van der Waals surface area (Å²) in [5, 5.41) is 0.448. The minimum Gasteiger partial charge on any atom is -0.469 e. The van der Waals surface area contributed by atoms with Crippen LogP contribution >= 0.6 is 11.6 Å². The number of carbonyl (C=O) groups excluding carboxylic acids is 2. The summed E-state index contributed by atoms with van der Waals surface area (Å²) in [6.07, 6.45) is 4.42. The maximum atomic E-state index is 12.7. The molecule has 0 radical (unpaired) electrons. The lowest BCUT2D eigenvalue weighted by Gasteiger charge is -2.29. The van der Waals surface area contributed by atoms with Gasteiger partial charge in [-0.15, -0.1) is 0 Å². The van der Waals surface area contributed by atoms with Crippen LogP contribution in [0.15, 0.2) is 24.3 Å². The number of ether oxygens (including phenoxy) is 1. The quantitative estimate of drug-likeness (QED) is 0.784. The fourth-order valence-electron chi connectivity index (χ4n) is 2.77. The normalized spacial score (nSPS) is 15.0. The minimum absolute atomic E-state index is 0.101. The van der Waals surface area contributed by atoms with Crippen LogP contribution < -0.4 is 0 Å². The van der Waals surface area contributed by atoms with Crippen molar-refractivity contribution in [3.63, 3.8) is 0 Å². The van der Waals surface area contributed by atoms with Crippen LogP contribution in [0.2, 0.25) is 5.02 Å². The van der Waals surface area contributed by atoms with Crippen LogP contribution in [0.1, 0.15) is 42.5 Å². The van der Waals surface area contributed by atoms with E-state index in [0.29, 0.717) is 17.1 Å². The number of halogens is 1. The van der Waals surface area contributed by atoms with Gasteiger partial charge in [0.15, 0.2) is 0 Å². The van der Waals surface area contributed by atoms with Crippen molar-refractivity contribution in [3.8, 4) is 0 Å². The third-order valence-corrected chi connectivity index (χ3v) is 4.24. The molecule has 114 valence electrons. The van der Waals surface area contributed by atoms with Crippen LogP contribution in [-0.4, -0.2) is 36.5 Å². The highest BCUT2D eigenvalue weighted by molar-refractivity contribution is 6.33. The van der Waals surface area contributed by atoms with Gasteiger partial charge in [0.05, 0.1) is 24.1 Å². The summed E-state index contributed by atoms with van der Waals surface area (Å²) in [7, 11) is 1.36. The zero-order valence-electron chi connectivity index (χ0n) is 12.2. The summed E-state index contributed by atoms with van der Waals surface area (Å²) >= 11 is 6.12. The highest BCUT2D eigenvalue weighted by Gasteiger charge is 2.28. The average Bonchev–Trinajstić information content (AvgIpc) is 3.01. The van der Waals surface area contributed by atoms with Crippen molar-refractivity contribution in [2.45, 2.75) is 38.1 Å². The van der Waals surface area contributed by atoms with Gasteiger partial charge in [0.2, 0.25) is 0 Å². The third-order valence-electron chi connectivity index (χ3n) is 3.92. The first-order chi connectivity index (χ1) is 10.1. The lowest BCUT2D eigenvalue weighted by molar-refractivity contribution is -0.140. The van der Waals surface area contributed by atoms with Crippen molar-refractivity contribution in [2.75, 3.05) is 13.7 Å². The molecule has 0 saturated heterocycles. The molecule has 1 saturated carbocycles. The van der Waals surface area contributed by atoms with E-state index in [9.17, 15) is 9.59 Å². The average molecular weight is 310 g/mol. The van der Waals surface area contributed by atoms with E-state index in [2.05, 4.69) is 4.74 Å². The maximum absolute atomic E-state index is 12.7. The van der Waals surface area contributed by atoms with Crippen LogP contribution in [-0.2, 0) is 9.53 Å². The monoisotopic (exact) mass is 309 g/mol. The molecule has 0 aliphatic heterocycles. The second-order valence-corrected chi connectivity index (χ2v) is 5.65. The molecule has 0 spiro atoms. The second-order valence-electron chi connectivity index (χ2n) is 5.24. The molecule has 1 aromatic rings. The van der Waals surface area contributed by atoms with Gasteiger partial charge in [-0.05, 0) is 25.0 Å². The van der Waals surface area contributed by atoms with Gasteiger partial charge in [-0.2, -0.15) is 0 Å². The SMILES string of the molecule is COC(=O)CCN(C(=O)c1ccccc1Cl)C1CCCC1. The van der Waals surface area contributed by atoms with E-state index in [1.54, 1.807) is 29.2 Å². The Balaban J connectivity index is 2.15. The van der Waals surface area contributed by atoms with Gasteiger partial charge in [0, 0.05) is 12.6 Å². The lowest BCUT2D eigenvalue weighted by atomic mass is 10.1. The van der Waals surface area contributed by atoms with E-state index in [1.807, 2.05) is 0 Å². The molecule has 0 bridgehead atoms.